The lowest BCUT2D eigenvalue weighted by Crippen LogP contribution is -1.93. The highest BCUT2D eigenvalue weighted by atomic mass is 79.9. The zero-order chi connectivity index (χ0) is 14.5. The van der Waals surface area contributed by atoms with Crippen molar-refractivity contribution in [3.8, 4) is 17.2 Å². The first kappa shape index (κ1) is 14.8. The summed E-state index contributed by atoms with van der Waals surface area (Å²) in [7, 11) is 1.55. The van der Waals surface area contributed by atoms with E-state index in [9.17, 15) is 0 Å². The molecule has 2 rings (SSSR count). The van der Waals surface area contributed by atoms with Crippen molar-refractivity contribution in [1.29, 1.82) is 0 Å². The van der Waals surface area contributed by atoms with E-state index in [1.165, 1.54) is 0 Å². The first-order valence-corrected chi connectivity index (χ1v) is 6.82. The molecule has 20 heavy (non-hydrogen) atoms. The largest absolute Gasteiger partial charge is 0.493 e. The van der Waals surface area contributed by atoms with Crippen LogP contribution in [0.2, 0.25) is 0 Å². The lowest BCUT2D eigenvalue weighted by molar-refractivity contribution is 0.280. The van der Waals surface area contributed by atoms with Crippen LogP contribution >= 0.6 is 15.9 Å². The van der Waals surface area contributed by atoms with E-state index in [2.05, 4.69) is 15.9 Å². The van der Waals surface area contributed by atoms with Crippen LogP contribution in [-0.4, -0.2) is 17.3 Å². The zero-order valence-electron chi connectivity index (χ0n) is 11.0. The molecule has 0 aromatic heterocycles. The van der Waals surface area contributed by atoms with Gasteiger partial charge in [0.05, 0.1) is 20.3 Å². The van der Waals surface area contributed by atoms with E-state index in [0.717, 1.165) is 15.6 Å². The highest BCUT2D eigenvalue weighted by molar-refractivity contribution is 9.10. The van der Waals surface area contributed by atoms with Crippen molar-refractivity contribution in [2.75, 3.05) is 7.11 Å². The molecule has 2 N–H and O–H groups in total. The summed E-state index contributed by atoms with van der Waals surface area (Å²) in [4.78, 5) is 0. The quantitative estimate of drug-likeness (QED) is 0.878. The Balaban J connectivity index is 2.27. The number of methoxy groups -OCH3 is 1. The van der Waals surface area contributed by atoms with Gasteiger partial charge >= 0.3 is 0 Å². The summed E-state index contributed by atoms with van der Waals surface area (Å²) in [6, 6.07) is 10.6. The van der Waals surface area contributed by atoms with Gasteiger partial charge in [0.2, 0.25) is 0 Å². The smallest absolute Gasteiger partial charge is 0.169 e. The van der Waals surface area contributed by atoms with E-state index in [1.54, 1.807) is 43.5 Å². The van der Waals surface area contributed by atoms with Gasteiger partial charge in [0.25, 0.3) is 0 Å². The molecule has 0 radical (unpaired) electrons. The van der Waals surface area contributed by atoms with Crippen molar-refractivity contribution >= 4 is 15.9 Å². The summed E-state index contributed by atoms with van der Waals surface area (Å²) in [5, 5.41) is 18.2. The van der Waals surface area contributed by atoms with Crippen LogP contribution in [0.4, 0.5) is 0 Å². The van der Waals surface area contributed by atoms with Gasteiger partial charge in [-0.2, -0.15) is 0 Å². The maximum absolute atomic E-state index is 9.12. The van der Waals surface area contributed by atoms with Crippen LogP contribution in [0.25, 0.3) is 0 Å². The van der Waals surface area contributed by atoms with E-state index in [0.29, 0.717) is 17.2 Å². The zero-order valence-corrected chi connectivity index (χ0v) is 12.6. The van der Waals surface area contributed by atoms with Crippen molar-refractivity contribution in [3.63, 3.8) is 0 Å². The molecule has 0 aliphatic heterocycles. The molecule has 5 heteroatoms. The van der Waals surface area contributed by atoms with Crippen molar-refractivity contribution < 1.29 is 19.7 Å². The van der Waals surface area contributed by atoms with Gasteiger partial charge in [-0.05, 0) is 35.4 Å². The lowest BCUT2D eigenvalue weighted by atomic mass is 10.2. The number of hydrogen-bond acceptors (Lipinski definition) is 4. The summed E-state index contributed by atoms with van der Waals surface area (Å²) in [5.41, 5.74) is 1.55. The number of rotatable bonds is 5. The standard InChI is InChI=1S/C15H15BrO4/c1-19-15-6-10(8-17)2-5-14(15)20-12-4-3-11(9-18)13(16)7-12/h2-7,17-18H,8-9H2,1H3. The molecule has 0 atom stereocenters. The molecule has 4 nitrogen and oxygen atoms in total. The van der Waals surface area contributed by atoms with Crippen molar-refractivity contribution in [2.24, 2.45) is 0 Å². The van der Waals surface area contributed by atoms with Gasteiger partial charge in [0, 0.05) is 4.47 Å². The third-order valence-corrected chi connectivity index (χ3v) is 3.57. The molecule has 0 aliphatic rings. The highest BCUT2D eigenvalue weighted by Crippen LogP contribution is 2.34. The molecule has 0 unspecified atom stereocenters. The maximum Gasteiger partial charge on any atom is 0.169 e. The fraction of sp³-hybridized carbons (Fsp3) is 0.200. The van der Waals surface area contributed by atoms with Crippen molar-refractivity contribution in [1.82, 2.24) is 0 Å². The Hall–Kier alpha value is -1.56. The molecule has 0 bridgehead atoms. The monoisotopic (exact) mass is 338 g/mol. The first-order valence-electron chi connectivity index (χ1n) is 6.03. The third-order valence-electron chi connectivity index (χ3n) is 2.83. The summed E-state index contributed by atoms with van der Waals surface area (Å²) in [6.07, 6.45) is 0. The van der Waals surface area contributed by atoms with Crippen LogP contribution in [0.3, 0.4) is 0 Å². The number of aliphatic hydroxyl groups excluding tert-OH is 2. The Labute approximate surface area is 125 Å². The molecule has 0 saturated heterocycles. The fourth-order valence-corrected chi connectivity index (χ4v) is 2.22. The second-order valence-corrected chi connectivity index (χ2v) is 5.01. The van der Waals surface area contributed by atoms with Crippen LogP contribution in [0, 0.1) is 0 Å². The summed E-state index contributed by atoms with van der Waals surface area (Å²) >= 11 is 3.37. The Morgan fingerprint density at radius 1 is 1.00 bits per heavy atom. The second kappa shape index (κ2) is 6.74. The molecule has 0 fully saturated rings. The molecule has 2 aromatic carbocycles. The van der Waals surface area contributed by atoms with Gasteiger partial charge in [-0.3, -0.25) is 0 Å². The van der Waals surface area contributed by atoms with Gasteiger partial charge < -0.3 is 19.7 Å². The molecular formula is C15H15BrO4. The third kappa shape index (κ3) is 3.30. The minimum absolute atomic E-state index is 0.0324. The molecule has 2 aromatic rings. The lowest BCUT2D eigenvalue weighted by Gasteiger charge is -2.12. The van der Waals surface area contributed by atoms with Crippen molar-refractivity contribution in [3.05, 3.63) is 52.0 Å². The molecule has 0 spiro atoms. The number of benzene rings is 2. The van der Waals surface area contributed by atoms with Crippen LogP contribution in [-0.2, 0) is 13.2 Å². The van der Waals surface area contributed by atoms with E-state index in [1.807, 2.05) is 0 Å². The van der Waals surface area contributed by atoms with Crippen molar-refractivity contribution in [2.45, 2.75) is 13.2 Å². The Morgan fingerprint density at radius 2 is 1.80 bits per heavy atom. The number of halogens is 1. The second-order valence-electron chi connectivity index (χ2n) is 4.16. The predicted octanol–water partition coefficient (Wildman–Crippen LogP) is 3.23. The molecule has 0 heterocycles. The fourth-order valence-electron chi connectivity index (χ4n) is 1.74. The number of aliphatic hydroxyl groups is 2. The molecular weight excluding hydrogens is 324 g/mol. The number of ether oxygens (including phenoxy) is 2. The van der Waals surface area contributed by atoms with Gasteiger partial charge in [-0.25, -0.2) is 0 Å². The predicted molar refractivity (Wildman–Crippen MR) is 79.1 cm³/mol. The summed E-state index contributed by atoms with van der Waals surface area (Å²) < 4.78 is 11.8. The van der Waals surface area contributed by atoms with Crippen LogP contribution in [0.5, 0.6) is 17.2 Å². The minimum Gasteiger partial charge on any atom is -0.493 e. The minimum atomic E-state index is -0.0482. The molecule has 0 aliphatic carbocycles. The van der Waals surface area contributed by atoms with Crippen LogP contribution < -0.4 is 9.47 Å². The van der Waals surface area contributed by atoms with Gasteiger partial charge in [-0.1, -0.05) is 28.1 Å². The van der Waals surface area contributed by atoms with Crippen LogP contribution in [0.15, 0.2) is 40.9 Å². The summed E-state index contributed by atoms with van der Waals surface area (Å²) in [6.45, 7) is -0.0806. The average molecular weight is 339 g/mol. The topological polar surface area (TPSA) is 58.9 Å². The van der Waals surface area contributed by atoms with Gasteiger partial charge in [0.15, 0.2) is 11.5 Å². The maximum atomic E-state index is 9.12. The van der Waals surface area contributed by atoms with E-state index < -0.39 is 0 Å². The number of hydrogen-bond donors (Lipinski definition) is 2. The SMILES string of the molecule is COc1cc(CO)ccc1Oc1ccc(CO)c(Br)c1. The Morgan fingerprint density at radius 3 is 2.40 bits per heavy atom. The van der Waals surface area contributed by atoms with E-state index in [4.69, 9.17) is 19.7 Å². The van der Waals surface area contributed by atoms with Crippen LogP contribution in [0.1, 0.15) is 11.1 Å². The Bertz CT molecular complexity index is 598. The van der Waals surface area contributed by atoms with E-state index >= 15 is 0 Å². The normalized spacial score (nSPS) is 10.4. The molecule has 0 saturated carbocycles. The average Bonchev–Trinajstić information content (AvgIpc) is 2.48. The molecule has 0 amide bonds. The van der Waals surface area contributed by atoms with Gasteiger partial charge in [0.1, 0.15) is 5.75 Å². The molecule has 106 valence electrons. The van der Waals surface area contributed by atoms with E-state index in [-0.39, 0.29) is 13.2 Å². The Kier molecular flexibility index (Phi) is 5.00. The highest BCUT2D eigenvalue weighted by Gasteiger charge is 2.08. The first-order chi connectivity index (χ1) is 9.67. The summed E-state index contributed by atoms with van der Waals surface area (Å²) in [5.74, 6) is 1.75. The van der Waals surface area contributed by atoms with Gasteiger partial charge in [-0.15, -0.1) is 0 Å².